The highest BCUT2D eigenvalue weighted by atomic mass is 35.5. The van der Waals surface area contributed by atoms with E-state index in [0.717, 1.165) is 35.3 Å². The van der Waals surface area contributed by atoms with Gasteiger partial charge in [-0.25, -0.2) is 4.98 Å². The summed E-state index contributed by atoms with van der Waals surface area (Å²) >= 11 is 6.01. The highest BCUT2D eigenvalue weighted by Gasteiger charge is 2.28. The molecule has 3 rings (SSSR count). The third kappa shape index (κ3) is 2.29. The second kappa shape index (κ2) is 5.09. The van der Waals surface area contributed by atoms with Crippen molar-refractivity contribution in [1.82, 2.24) is 14.9 Å². The number of nitrogens with zero attached hydrogens (tertiary/aromatic N) is 2. The van der Waals surface area contributed by atoms with E-state index >= 15 is 0 Å². The minimum Gasteiger partial charge on any atom is -0.352 e. The number of carbonyl (C=O) groups excluding carboxylic acids is 1. The van der Waals surface area contributed by atoms with Gasteiger partial charge in [0, 0.05) is 6.04 Å². The highest BCUT2D eigenvalue weighted by molar-refractivity contribution is 6.17. The molecule has 1 aromatic heterocycles. The maximum atomic E-state index is 12.3. The quantitative estimate of drug-likeness (QED) is 0.881. The number of rotatable bonds is 4. The van der Waals surface area contributed by atoms with Gasteiger partial charge < -0.3 is 9.88 Å². The van der Waals surface area contributed by atoms with Crippen LogP contribution < -0.4 is 5.32 Å². The van der Waals surface area contributed by atoms with E-state index in [4.69, 9.17) is 11.6 Å². The van der Waals surface area contributed by atoms with Crippen LogP contribution in [0.5, 0.6) is 0 Å². The summed E-state index contributed by atoms with van der Waals surface area (Å²) in [5, 5.41) is 3.05. The molecule has 1 saturated carbocycles. The van der Waals surface area contributed by atoms with Gasteiger partial charge in [-0.3, -0.25) is 4.79 Å². The zero-order chi connectivity index (χ0) is 14.3. The maximum Gasteiger partial charge on any atom is 0.243 e. The summed E-state index contributed by atoms with van der Waals surface area (Å²) in [5.41, 5.74) is 3.01. The first-order valence-electron chi connectivity index (χ1n) is 6.94. The summed E-state index contributed by atoms with van der Waals surface area (Å²) in [6, 6.07) is 6.03. The first kappa shape index (κ1) is 13.4. The molecule has 0 aliphatic heterocycles. The molecule has 1 amide bonds. The van der Waals surface area contributed by atoms with Crippen LogP contribution in [-0.2, 0) is 10.7 Å². The van der Waals surface area contributed by atoms with Gasteiger partial charge in [0.15, 0.2) is 0 Å². The SMILES string of the molecule is Cc1cccc2nc(CCl)n(C(C)C(=O)NC3CC3)c12. The van der Waals surface area contributed by atoms with Crippen LogP contribution in [0.25, 0.3) is 11.0 Å². The predicted molar refractivity (Wildman–Crippen MR) is 79.9 cm³/mol. The number of aromatic nitrogens is 2. The molecule has 2 aromatic rings. The molecule has 1 unspecified atom stereocenters. The Morgan fingerprint density at radius 1 is 1.55 bits per heavy atom. The summed E-state index contributed by atoms with van der Waals surface area (Å²) in [7, 11) is 0. The van der Waals surface area contributed by atoms with Crippen molar-refractivity contribution in [1.29, 1.82) is 0 Å². The van der Waals surface area contributed by atoms with Crippen molar-refractivity contribution in [3.05, 3.63) is 29.6 Å². The summed E-state index contributed by atoms with van der Waals surface area (Å²) in [5.74, 6) is 1.09. The van der Waals surface area contributed by atoms with Crippen LogP contribution >= 0.6 is 11.6 Å². The molecule has 1 aliphatic rings. The van der Waals surface area contributed by atoms with Crippen molar-refractivity contribution in [2.75, 3.05) is 0 Å². The van der Waals surface area contributed by atoms with Crippen LogP contribution in [0, 0.1) is 6.92 Å². The molecule has 20 heavy (non-hydrogen) atoms. The fourth-order valence-electron chi connectivity index (χ4n) is 2.55. The van der Waals surface area contributed by atoms with Crippen molar-refractivity contribution >= 4 is 28.5 Å². The molecular formula is C15H18ClN3O. The molecule has 1 atom stereocenters. The van der Waals surface area contributed by atoms with E-state index < -0.39 is 0 Å². The third-order valence-corrected chi connectivity index (χ3v) is 4.03. The van der Waals surface area contributed by atoms with Crippen molar-refractivity contribution < 1.29 is 4.79 Å². The number of hydrogen-bond donors (Lipinski definition) is 1. The number of halogens is 1. The minimum atomic E-state index is -0.296. The Morgan fingerprint density at radius 3 is 2.95 bits per heavy atom. The predicted octanol–water partition coefficient (Wildman–Crippen LogP) is 2.92. The van der Waals surface area contributed by atoms with E-state index in [0.29, 0.717) is 11.9 Å². The molecule has 0 bridgehead atoms. The Balaban J connectivity index is 2.05. The summed E-state index contributed by atoms with van der Waals surface area (Å²) in [6.45, 7) is 3.94. The zero-order valence-corrected chi connectivity index (χ0v) is 12.4. The van der Waals surface area contributed by atoms with Gasteiger partial charge in [0.25, 0.3) is 0 Å². The number of hydrogen-bond acceptors (Lipinski definition) is 2. The van der Waals surface area contributed by atoms with Gasteiger partial charge in [-0.15, -0.1) is 11.6 Å². The van der Waals surface area contributed by atoms with Gasteiger partial charge in [0.05, 0.1) is 16.9 Å². The van der Waals surface area contributed by atoms with Crippen molar-refractivity contribution in [2.45, 2.75) is 44.7 Å². The first-order chi connectivity index (χ1) is 9.61. The van der Waals surface area contributed by atoms with Gasteiger partial charge in [-0.2, -0.15) is 0 Å². The van der Waals surface area contributed by atoms with Crippen molar-refractivity contribution in [3.63, 3.8) is 0 Å². The zero-order valence-electron chi connectivity index (χ0n) is 11.7. The van der Waals surface area contributed by atoms with Gasteiger partial charge in [-0.1, -0.05) is 12.1 Å². The van der Waals surface area contributed by atoms with Crippen LogP contribution in [-0.4, -0.2) is 21.5 Å². The number of benzene rings is 1. The van der Waals surface area contributed by atoms with Gasteiger partial charge in [-0.05, 0) is 38.3 Å². The van der Waals surface area contributed by atoms with E-state index in [-0.39, 0.29) is 11.9 Å². The second-order valence-electron chi connectivity index (χ2n) is 5.43. The number of fused-ring (bicyclic) bond motifs is 1. The number of para-hydroxylation sites is 1. The first-order valence-corrected chi connectivity index (χ1v) is 7.48. The largest absolute Gasteiger partial charge is 0.352 e. The van der Waals surface area contributed by atoms with E-state index in [1.54, 1.807) is 0 Å². The Labute approximate surface area is 123 Å². The monoisotopic (exact) mass is 291 g/mol. The van der Waals surface area contributed by atoms with Crippen LogP contribution in [0.2, 0.25) is 0 Å². The lowest BCUT2D eigenvalue weighted by Gasteiger charge is -2.17. The number of carbonyl (C=O) groups is 1. The molecular weight excluding hydrogens is 274 g/mol. The smallest absolute Gasteiger partial charge is 0.243 e. The second-order valence-corrected chi connectivity index (χ2v) is 5.70. The van der Waals surface area contributed by atoms with E-state index in [1.807, 2.05) is 36.6 Å². The van der Waals surface area contributed by atoms with Gasteiger partial charge in [0.2, 0.25) is 5.91 Å². The fraction of sp³-hybridized carbons (Fsp3) is 0.467. The highest BCUT2D eigenvalue weighted by Crippen LogP contribution is 2.26. The normalized spacial score (nSPS) is 16.4. The minimum absolute atomic E-state index is 0.0430. The Morgan fingerprint density at radius 2 is 2.30 bits per heavy atom. The molecule has 4 nitrogen and oxygen atoms in total. The molecule has 1 heterocycles. The Bertz CT molecular complexity index is 660. The summed E-state index contributed by atoms with van der Waals surface area (Å²) in [4.78, 5) is 16.9. The van der Waals surface area contributed by atoms with Gasteiger partial charge >= 0.3 is 0 Å². The van der Waals surface area contributed by atoms with Crippen molar-refractivity contribution in [3.8, 4) is 0 Å². The molecule has 1 aromatic carbocycles. The number of imidazole rings is 1. The number of aryl methyl sites for hydroxylation is 1. The molecule has 0 spiro atoms. The number of alkyl halides is 1. The summed E-state index contributed by atoms with van der Waals surface area (Å²) in [6.07, 6.45) is 2.18. The molecule has 106 valence electrons. The molecule has 1 fully saturated rings. The van der Waals surface area contributed by atoms with Crippen LogP contribution in [0.1, 0.15) is 37.2 Å². The van der Waals surface area contributed by atoms with Gasteiger partial charge in [0.1, 0.15) is 11.9 Å². The third-order valence-electron chi connectivity index (χ3n) is 3.79. The Hall–Kier alpha value is -1.55. The van der Waals surface area contributed by atoms with Crippen LogP contribution in [0.15, 0.2) is 18.2 Å². The lowest BCUT2D eigenvalue weighted by molar-refractivity contribution is -0.123. The average molecular weight is 292 g/mol. The fourth-order valence-corrected chi connectivity index (χ4v) is 2.74. The number of amides is 1. The van der Waals surface area contributed by atoms with E-state index in [1.165, 1.54) is 0 Å². The lowest BCUT2D eigenvalue weighted by Crippen LogP contribution is -2.33. The standard InChI is InChI=1S/C15H18ClN3O/c1-9-4-3-5-12-14(9)19(13(8-16)18-12)10(2)15(20)17-11-6-7-11/h3-5,10-11H,6-8H2,1-2H3,(H,17,20). The average Bonchev–Trinajstić information content (AvgIpc) is 3.15. The molecule has 1 N–H and O–H groups in total. The number of nitrogens with one attached hydrogen (secondary N) is 1. The topological polar surface area (TPSA) is 46.9 Å². The molecule has 5 heteroatoms. The van der Waals surface area contributed by atoms with Crippen molar-refractivity contribution in [2.24, 2.45) is 0 Å². The van der Waals surface area contributed by atoms with E-state index in [2.05, 4.69) is 10.3 Å². The van der Waals surface area contributed by atoms with Crippen LogP contribution in [0.3, 0.4) is 0 Å². The molecule has 0 radical (unpaired) electrons. The lowest BCUT2D eigenvalue weighted by atomic mass is 10.2. The van der Waals surface area contributed by atoms with E-state index in [9.17, 15) is 4.79 Å². The maximum absolute atomic E-state index is 12.3. The molecule has 0 saturated heterocycles. The Kier molecular flexibility index (Phi) is 3.42. The summed E-state index contributed by atoms with van der Waals surface area (Å²) < 4.78 is 1.97. The molecule has 1 aliphatic carbocycles. The van der Waals surface area contributed by atoms with Crippen LogP contribution in [0.4, 0.5) is 0 Å².